The van der Waals surface area contributed by atoms with Gasteiger partial charge in [0.15, 0.2) is 16.6 Å². The Balaban J connectivity index is 0.00000225. The summed E-state index contributed by atoms with van der Waals surface area (Å²) in [4.78, 5) is 0. The van der Waals surface area contributed by atoms with E-state index < -0.39 is 41.5 Å². The minimum absolute atomic E-state index is 0. The van der Waals surface area contributed by atoms with Crippen LogP contribution in [0.15, 0.2) is 0 Å². The van der Waals surface area contributed by atoms with Gasteiger partial charge in [-0.25, -0.2) is 13.1 Å². The van der Waals surface area contributed by atoms with Crippen LogP contribution in [0.5, 0.6) is 0 Å². The Morgan fingerprint density at radius 2 is 2.00 bits per heavy atom. The Kier molecular flexibility index (Phi) is 6.88. The molecular formula is C6H12NNaO7S. The number of aliphatic hydroxyl groups is 3. The molecule has 1 aliphatic rings. The fourth-order valence-electron chi connectivity index (χ4n) is 1.36. The van der Waals surface area contributed by atoms with E-state index in [1.807, 2.05) is 0 Å². The summed E-state index contributed by atoms with van der Waals surface area (Å²) in [5.41, 5.74) is 0. The summed E-state index contributed by atoms with van der Waals surface area (Å²) in [5.74, 6) is 0. The van der Waals surface area contributed by atoms with E-state index in [2.05, 4.69) is 0 Å². The van der Waals surface area contributed by atoms with E-state index in [9.17, 15) is 23.2 Å². The van der Waals surface area contributed by atoms with E-state index in [-0.39, 0.29) is 36.0 Å². The van der Waals surface area contributed by atoms with Gasteiger partial charge in [-0.15, -0.1) is 0 Å². The van der Waals surface area contributed by atoms with Crippen LogP contribution < -0.4 is 34.3 Å². The first-order valence-corrected chi connectivity index (χ1v) is 5.60. The zero-order chi connectivity index (χ0) is 11.6. The van der Waals surface area contributed by atoms with Crippen LogP contribution in [0.2, 0.25) is 0 Å². The first-order chi connectivity index (χ1) is 6.83. The van der Waals surface area contributed by atoms with Crippen molar-refractivity contribution in [2.75, 3.05) is 6.61 Å². The van der Waals surface area contributed by atoms with E-state index in [0.29, 0.717) is 0 Å². The van der Waals surface area contributed by atoms with E-state index in [1.165, 1.54) is 4.72 Å². The molecule has 4 atom stereocenters. The van der Waals surface area contributed by atoms with E-state index in [0.717, 1.165) is 0 Å². The maximum atomic E-state index is 10.3. The molecule has 0 aromatic carbocycles. The molecule has 1 aliphatic heterocycles. The molecular weight excluding hydrogens is 253 g/mol. The molecule has 4 N–H and O–H groups in total. The Hall–Kier alpha value is 0.710. The molecule has 0 aromatic heterocycles. The summed E-state index contributed by atoms with van der Waals surface area (Å²) in [6.45, 7) is -0.412. The molecule has 1 saturated heterocycles. The normalized spacial score (nSPS) is 35.5. The molecule has 1 fully saturated rings. The van der Waals surface area contributed by atoms with Crippen molar-refractivity contribution < 1.29 is 62.6 Å². The summed E-state index contributed by atoms with van der Waals surface area (Å²) in [6, 6.07) is -1.41. The molecule has 0 spiro atoms. The average Bonchev–Trinajstić information content (AvgIpc) is 2.09. The van der Waals surface area contributed by atoms with Gasteiger partial charge in [-0.3, -0.25) is 0 Å². The Morgan fingerprint density at radius 1 is 1.44 bits per heavy atom. The van der Waals surface area contributed by atoms with Crippen LogP contribution >= 0.6 is 0 Å². The molecule has 1 heterocycles. The molecule has 0 saturated carbocycles. The van der Waals surface area contributed by atoms with E-state index in [1.54, 1.807) is 0 Å². The first-order valence-electron chi connectivity index (χ1n) is 4.19. The average molecular weight is 265 g/mol. The molecule has 0 aliphatic carbocycles. The number of aliphatic hydroxyl groups excluding tert-OH is 3. The molecule has 1 rings (SSSR count). The predicted octanol–water partition coefficient (Wildman–Crippen LogP) is -6.13. The Morgan fingerprint density at radius 3 is 2.38 bits per heavy atom. The van der Waals surface area contributed by atoms with Gasteiger partial charge in [0.1, 0.15) is 0 Å². The van der Waals surface area contributed by atoms with Crippen molar-refractivity contribution in [1.82, 2.24) is 4.72 Å². The third kappa shape index (κ3) is 4.92. The van der Waals surface area contributed by atoms with Crippen LogP contribution in [-0.2, 0) is 15.0 Å². The summed E-state index contributed by atoms with van der Waals surface area (Å²) in [5, 5.41) is 27.3. The van der Waals surface area contributed by atoms with Crippen LogP contribution in [-0.4, -0.2) is 59.4 Å². The summed E-state index contributed by atoms with van der Waals surface area (Å²) in [6.07, 6.45) is -3.78. The number of hydrogen-bond acceptors (Lipinski definition) is 7. The Labute approximate surface area is 115 Å². The van der Waals surface area contributed by atoms with Gasteiger partial charge in [0.2, 0.25) is 0 Å². The maximum absolute atomic E-state index is 10.3. The minimum Gasteiger partial charge on any atom is -0.735 e. The van der Waals surface area contributed by atoms with Crippen molar-refractivity contribution in [3.05, 3.63) is 0 Å². The van der Waals surface area contributed by atoms with Gasteiger partial charge in [0.25, 0.3) is 0 Å². The zero-order valence-corrected chi connectivity index (χ0v) is 11.4. The van der Waals surface area contributed by atoms with Crippen molar-refractivity contribution in [2.45, 2.75) is 31.0 Å². The van der Waals surface area contributed by atoms with Gasteiger partial charge in [-0.1, -0.05) is 0 Å². The van der Waals surface area contributed by atoms with Crippen molar-refractivity contribution >= 4 is 10.3 Å². The fraction of sp³-hybridized carbons (Fsp3) is 1.00. The van der Waals surface area contributed by atoms with Gasteiger partial charge in [-0.2, -0.15) is 0 Å². The third-order valence-corrected chi connectivity index (χ3v) is 2.60. The van der Waals surface area contributed by atoms with Crippen LogP contribution in [0.25, 0.3) is 0 Å². The standard InChI is InChI=1S/C6H13NO7S.Na/c8-2-3-1-4(9)5(6(10)14-3)7-15(11,12)13;/h3-10H,1-2H2,(H,11,12,13);/q;+1/p-1/t3?,4-,5?,6?;/m0./s1. The smallest absolute Gasteiger partial charge is 0.735 e. The second kappa shape index (κ2) is 6.59. The van der Waals surface area contributed by atoms with Crippen LogP contribution in [0, 0.1) is 0 Å². The molecule has 0 radical (unpaired) electrons. The molecule has 16 heavy (non-hydrogen) atoms. The Bertz CT molecular complexity index is 298. The first kappa shape index (κ1) is 16.7. The second-order valence-corrected chi connectivity index (χ2v) is 4.38. The topological polar surface area (TPSA) is 139 Å². The third-order valence-electron chi connectivity index (χ3n) is 2.04. The molecule has 90 valence electrons. The molecule has 0 aromatic rings. The molecule has 3 unspecified atom stereocenters. The van der Waals surface area contributed by atoms with Gasteiger partial charge >= 0.3 is 29.6 Å². The number of hydrogen-bond donors (Lipinski definition) is 4. The largest absolute Gasteiger partial charge is 1.00 e. The number of ether oxygens (including phenoxy) is 1. The second-order valence-electron chi connectivity index (χ2n) is 3.23. The summed E-state index contributed by atoms with van der Waals surface area (Å²) < 4.78 is 37.3. The van der Waals surface area contributed by atoms with Crippen LogP contribution in [0.1, 0.15) is 6.42 Å². The van der Waals surface area contributed by atoms with Crippen molar-refractivity contribution in [1.29, 1.82) is 0 Å². The van der Waals surface area contributed by atoms with Crippen molar-refractivity contribution in [3.63, 3.8) is 0 Å². The molecule has 0 bridgehead atoms. The minimum atomic E-state index is -4.78. The monoisotopic (exact) mass is 265 g/mol. The maximum Gasteiger partial charge on any atom is 1.00 e. The molecule has 10 heteroatoms. The quantitative estimate of drug-likeness (QED) is 0.294. The van der Waals surface area contributed by atoms with Crippen molar-refractivity contribution in [2.24, 2.45) is 0 Å². The van der Waals surface area contributed by atoms with Crippen LogP contribution in [0.3, 0.4) is 0 Å². The van der Waals surface area contributed by atoms with Crippen LogP contribution in [0.4, 0.5) is 0 Å². The predicted molar refractivity (Wildman–Crippen MR) is 45.2 cm³/mol. The van der Waals surface area contributed by atoms with E-state index in [4.69, 9.17) is 9.84 Å². The van der Waals surface area contributed by atoms with E-state index >= 15 is 0 Å². The fourth-order valence-corrected chi connectivity index (χ4v) is 1.97. The van der Waals surface area contributed by atoms with Gasteiger partial charge in [0.05, 0.1) is 24.9 Å². The summed E-state index contributed by atoms with van der Waals surface area (Å²) >= 11 is 0. The van der Waals surface area contributed by atoms with Gasteiger partial charge in [0, 0.05) is 6.42 Å². The molecule has 0 amide bonds. The number of nitrogens with one attached hydrogen (secondary N) is 1. The summed E-state index contributed by atoms with van der Waals surface area (Å²) in [7, 11) is -4.78. The zero-order valence-electron chi connectivity index (χ0n) is 8.61. The van der Waals surface area contributed by atoms with Gasteiger partial charge < -0.3 is 24.6 Å². The number of rotatable bonds is 3. The van der Waals surface area contributed by atoms with Crippen molar-refractivity contribution in [3.8, 4) is 0 Å². The molecule has 8 nitrogen and oxygen atoms in total. The SMILES string of the molecule is O=S(=O)([O-])NC1C(O)OC(CO)C[C@@H]1O.[Na+]. The van der Waals surface area contributed by atoms with Gasteiger partial charge in [-0.05, 0) is 0 Å².